The molecule has 176 valence electrons. The number of nitriles is 1. The average molecular weight is 491 g/mol. The van der Waals surface area contributed by atoms with Crippen molar-refractivity contribution in [2.24, 2.45) is 0 Å². The van der Waals surface area contributed by atoms with Crippen LogP contribution < -0.4 is 10.9 Å². The summed E-state index contributed by atoms with van der Waals surface area (Å²) in [7, 11) is 0. The van der Waals surface area contributed by atoms with E-state index in [-0.39, 0.29) is 23.3 Å². The van der Waals surface area contributed by atoms with Gasteiger partial charge in [0, 0.05) is 0 Å². The van der Waals surface area contributed by atoms with Crippen LogP contribution in [0.25, 0.3) is 27.4 Å². The number of carbonyl (C=O) groups is 1. The van der Waals surface area contributed by atoms with Gasteiger partial charge in [-0.25, -0.2) is 4.98 Å². The summed E-state index contributed by atoms with van der Waals surface area (Å²) in [6, 6.07) is 29.9. The van der Waals surface area contributed by atoms with E-state index < -0.39 is 0 Å². The number of amides is 1. The van der Waals surface area contributed by atoms with Crippen molar-refractivity contribution in [3.8, 4) is 11.8 Å². The number of carbonyl (C=O) groups excluding carboxylic acids is 1. The Morgan fingerprint density at radius 3 is 2.44 bits per heavy atom. The van der Waals surface area contributed by atoms with Gasteiger partial charge in [0.15, 0.2) is 5.16 Å². The summed E-state index contributed by atoms with van der Waals surface area (Å²) >= 11 is 1.20. The molecule has 0 aliphatic carbocycles. The first-order valence-electron chi connectivity index (χ1n) is 11.5. The number of benzene rings is 4. The summed E-state index contributed by atoms with van der Waals surface area (Å²) in [4.78, 5) is 31.0. The molecule has 6 nitrogen and oxygen atoms in total. The van der Waals surface area contributed by atoms with Gasteiger partial charge >= 0.3 is 0 Å². The van der Waals surface area contributed by atoms with Crippen LogP contribution in [0.3, 0.4) is 0 Å². The van der Waals surface area contributed by atoms with Crippen molar-refractivity contribution in [2.45, 2.75) is 18.1 Å². The summed E-state index contributed by atoms with van der Waals surface area (Å²) in [6.07, 6.45) is 0. The molecule has 1 unspecified atom stereocenters. The van der Waals surface area contributed by atoms with Crippen molar-refractivity contribution >= 4 is 39.3 Å². The molecular formula is C29H22N4O2S. The van der Waals surface area contributed by atoms with Crippen LogP contribution in [0.15, 0.2) is 101 Å². The Morgan fingerprint density at radius 2 is 1.67 bits per heavy atom. The predicted octanol–water partition coefficient (Wildman–Crippen LogP) is 5.38. The minimum Gasteiger partial charge on any atom is -0.349 e. The topological polar surface area (TPSA) is 87.8 Å². The van der Waals surface area contributed by atoms with Crippen molar-refractivity contribution in [3.05, 3.63) is 112 Å². The number of rotatable bonds is 6. The van der Waals surface area contributed by atoms with Crippen LogP contribution >= 0.6 is 11.8 Å². The molecule has 36 heavy (non-hydrogen) atoms. The third-order valence-corrected chi connectivity index (χ3v) is 6.94. The number of nitrogens with one attached hydrogen (secondary N) is 1. The normalized spacial score (nSPS) is 11.8. The number of hydrogen-bond donors (Lipinski definition) is 1. The van der Waals surface area contributed by atoms with E-state index in [0.717, 1.165) is 16.3 Å². The fourth-order valence-electron chi connectivity index (χ4n) is 4.24. The molecule has 0 aliphatic heterocycles. The zero-order valence-electron chi connectivity index (χ0n) is 19.5. The second-order valence-corrected chi connectivity index (χ2v) is 9.30. The Labute approximate surface area is 212 Å². The number of hydrogen-bond acceptors (Lipinski definition) is 5. The molecule has 0 bridgehead atoms. The van der Waals surface area contributed by atoms with Gasteiger partial charge in [0.25, 0.3) is 5.56 Å². The summed E-state index contributed by atoms with van der Waals surface area (Å²) < 4.78 is 1.50. The molecule has 5 rings (SSSR count). The monoisotopic (exact) mass is 490 g/mol. The molecule has 1 atom stereocenters. The lowest BCUT2D eigenvalue weighted by atomic mass is 10.00. The molecule has 0 spiro atoms. The molecule has 0 fully saturated rings. The highest BCUT2D eigenvalue weighted by Gasteiger charge is 2.17. The number of fused-ring (bicyclic) bond motifs is 2. The molecule has 4 aromatic carbocycles. The summed E-state index contributed by atoms with van der Waals surface area (Å²) in [5, 5.41) is 15.3. The fraction of sp³-hybridized carbons (Fsp3) is 0.103. The Hall–Kier alpha value is -4.41. The third kappa shape index (κ3) is 4.59. The largest absolute Gasteiger partial charge is 0.349 e. The van der Waals surface area contributed by atoms with Crippen molar-refractivity contribution in [3.63, 3.8) is 0 Å². The highest BCUT2D eigenvalue weighted by atomic mass is 32.2. The smallest absolute Gasteiger partial charge is 0.266 e. The van der Waals surface area contributed by atoms with E-state index in [2.05, 4.69) is 34.6 Å². The van der Waals surface area contributed by atoms with E-state index >= 15 is 0 Å². The summed E-state index contributed by atoms with van der Waals surface area (Å²) in [5.41, 5.74) is 2.47. The van der Waals surface area contributed by atoms with Gasteiger partial charge in [-0.15, -0.1) is 0 Å². The van der Waals surface area contributed by atoms with Crippen LogP contribution in [0.5, 0.6) is 0 Å². The maximum absolute atomic E-state index is 13.4. The maximum atomic E-state index is 13.4. The molecule has 0 radical (unpaired) electrons. The molecule has 7 heteroatoms. The van der Waals surface area contributed by atoms with E-state index in [1.807, 2.05) is 37.3 Å². The Bertz CT molecular complexity index is 1680. The van der Waals surface area contributed by atoms with Crippen LogP contribution in [0.1, 0.15) is 24.1 Å². The zero-order chi connectivity index (χ0) is 25.1. The summed E-state index contributed by atoms with van der Waals surface area (Å²) in [5.74, 6) is -0.0647. The van der Waals surface area contributed by atoms with Gasteiger partial charge < -0.3 is 5.32 Å². The van der Waals surface area contributed by atoms with Crippen LogP contribution in [0, 0.1) is 11.3 Å². The highest BCUT2D eigenvalue weighted by molar-refractivity contribution is 7.99. The van der Waals surface area contributed by atoms with Gasteiger partial charge in [-0.05, 0) is 59.7 Å². The lowest BCUT2D eigenvalue weighted by Gasteiger charge is -2.17. The minimum absolute atomic E-state index is 0.0934. The first-order chi connectivity index (χ1) is 17.5. The van der Waals surface area contributed by atoms with E-state index in [4.69, 9.17) is 5.26 Å². The van der Waals surface area contributed by atoms with Crippen molar-refractivity contribution in [1.82, 2.24) is 14.9 Å². The van der Waals surface area contributed by atoms with Gasteiger partial charge in [0.05, 0.1) is 40.0 Å². The lowest BCUT2D eigenvalue weighted by molar-refractivity contribution is -0.119. The van der Waals surface area contributed by atoms with Crippen LogP contribution in [-0.4, -0.2) is 21.2 Å². The first kappa shape index (κ1) is 23.3. The molecular weight excluding hydrogens is 468 g/mol. The quantitative estimate of drug-likeness (QED) is 0.255. The third-order valence-electron chi connectivity index (χ3n) is 6.00. The SMILES string of the molecule is CC(NC(=O)CSc1nc2ccccc2c(=O)n1-c1ccc(C#N)cc1)c1cccc2ccccc12. The first-order valence-corrected chi connectivity index (χ1v) is 12.5. The van der Waals surface area contributed by atoms with E-state index in [1.165, 1.54) is 16.3 Å². The van der Waals surface area contributed by atoms with Gasteiger partial charge in [-0.1, -0.05) is 66.4 Å². The maximum Gasteiger partial charge on any atom is 0.266 e. The molecule has 0 saturated heterocycles. The second kappa shape index (κ2) is 10.1. The number of nitrogens with zero attached hydrogens (tertiary/aromatic N) is 3. The fourth-order valence-corrected chi connectivity index (χ4v) is 5.06. The Kier molecular flexibility index (Phi) is 6.52. The molecule has 1 heterocycles. The van der Waals surface area contributed by atoms with Gasteiger partial charge in [-0.2, -0.15) is 5.26 Å². The zero-order valence-corrected chi connectivity index (χ0v) is 20.3. The number of thioether (sulfide) groups is 1. The van der Waals surface area contributed by atoms with E-state index in [0.29, 0.717) is 27.3 Å². The molecule has 0 aliphatic rings. The van der Waals surface area contributed by atoms with Crippen molar-refractivity contribution < 1.29 is 4.79 Å². The van der Waals surface area contributed by atoms with Crippen LogP contribution in [0.4, 0.5) is 0 Å². The standard InChI is InChI=1S/C29H22N4O2S/c1-19(23-11-6-8-21-7-2-3-9-24(21)23)31-27(34)18-36-29-32-26-12-5-4-10-25(26)28(35)33(29)22-15-13-20(17-30)14-16-22/h2-16,19H,18H2,1H3,(H,31,34). The van der Waals surface area contributed by atoms with Gasteiger partial charge in [0.2, 0.25) is 5.91 Å². The average Bonchev–Trinajstić information content (AvgIpc) is 2.92. The minimum atomic E-state index is -0.225. The van der Waals surface area contributed by atoms with Gasteiger partial charge in [-0.3, -0.25) is 14.2 Å². The highest BCUT2D eigenvalue weighted by Crippen LogP contribution is 2.25. The van der Waals surface area contributed by atoms with Gasteiger partial charge in [0.1, 0.15) is 0 Å². The van der Waals surface area contributed by atoms with E-state index in [9.17, 15) is 9.59 Å². The number of aromatic nitrogens is 2. The second-order valence-electron chi connectivity index (χ2n) is 8.36. The Morgan fingerprint density at radius 1 is 0.972 bits per heavy atom. The molecule has 1 amide bonds. The molecule has 5 aromatic rings. The Balaban J connectivity index is 1.42. The number of para-hydroxylation sites is 1. The molecule has 1 aromatic heterocycles. The molecule has 1 N–H and O–H groups in total. The van der Waals surface area contributed by atoms with Crippen molar-refractivity contribution in [2.75, 3.05) is 5.75 Å². The van der Waals surface area contributed by atoms with Crippen molar-refractivity contribution in [1.29, 1.82) is 5.26 Å². The van der Waals surface area contributed by atoms with Crippen LogP contribution in [-0.2, 0) is 4.79 Å². The van der Waals surface area contributed by atoms with E-state index in [1.54, 1.807) is 42.5 Å². The lowest BCUT2D eigenvalue weighted by Crippen LogP contribution is -2.29. The molecule has 0 saturated carbocycles. The summed E-state index contributed by atoms with van der Waals surface area (Å²) in [6.45, 7) is 1.96. The van der Waals surface area contributed by atoms with Crippen LogP contribution in [0.2, 0.25) is 0 Å². The predicted molar refractivity (Wildman–Crippen MR) is 143 cm³/mol.